The lowest BCUT2D eigenvalue weighted by Gasteiger charge is -2.42. The van der Waals surface area contributed by atoms with Crippen LogP contribution in [0.25, 0.3) is 0 Å². The molecule has 14 heavy (non-hydrogen) atoms. The number of nitrogens with two attached hydrogens (primary N) is 1. The average molecular weight is 197 g/mol. The first-order valence-corrected chi connectivity index (χ1v) is 6.07. The summed E-state index contributed by atoms with van der Waals surface area (Å²) in [4.78, 5) is 0. The van der Waals surface area contributed by atoms with E-state index in [0.717, 1.165) is 12.5 Å². The minimum atomic E-state index is 0.431. The van der Waals surface area contributed by atoms with E-state index in [4.69, 9.17) is 5.73 Å². The van der Waals surface area contributed by atoms with E-state index in [9.17, 15) is 0 Å². The third-order valence-electron chi connectivity index (χ3n) is 3.67. The summed E-state index contributed by atoms with van der Waals surface area (Å²) in [5.74, 6) is 0.926. The van der Waals surface area contributed by atoms with Crippen LogP contribution in [0.15, 0.2) is 0 Å². The Bertz CT molecular complexity index is 170. The first-order valence-electron chi connectivity index (χ1n) is 6.07. The van der Waals surface area contributed by atoms with E-state index in [0.29, 0.717) is 10.8 Å². The van der Waals surface area contributed by atoms with E-state index in [-0.39, 0.29) is 0 Å². The van der Waals surface area contributed by atoms with Gasteiger partial charge in [0.2, 0.25) is 0 Å². The maximum Gasteiger partial charge on any atom is -0.00203 e. The van der Waals surface area contributed by atoms with Crippen LogP contribution in [0.4, 0.5) is 0 Å². The van der Waals surface area contributed by atoms with Gasteiger partial charge >= 0.3 is 0 Å². The van der Waals surface area contributed by atoms with Gasteiger partial charge in [0.05, 0.1) is 0 Å². The minimum Gasteiger partial charge on any atom is -0.330 e. The smallest absolute Gasteiger partial charge is 0.00203 e. The Kier molecular flexibility index (Phi) is 3.63. The van der Waals surface area contributed by atoms with Crippen LogP contribution >= 0.6 is 0 Å². The van der Waals surface area contributed by atoms with Gasteiger partial charge < -0.3 is 5.73 Å². The zero-order valence-electron chi connectivity index (χ0n) is 10.4. The molecule has 0 aliphatic heterocycles. The molecule has 2 N–H and O–H groups in total. The van der Waals surface area contributed by atoms with Crippen molar-refractivity contribution in [1.82, 2.24) is 0 Å². The molecule has 1 heteroatoms. The van der Waals surface area contributed by atoms with Crippen molar-refractivity contribution >= 4 is 0 Å². The fourth-order valence-corrected chi connectivity index (χ4v) is 2.95. The van der Waals surface area contributed by atoms with E-state index in [2.05, 4.69) is 27.7 Å². The maximum absolute atomic E-state index is 5.99. The molecule has 1 aliphatic carbocycles. The highest BCUT2D eigenvalue weighted by atomic mass is 14.6. The lowest BCUT2D eigenvalue weighted by atomic mass is 9.64. The summed E-state index contributed by atoms with van der Waals surface area (Å²) >= 11 is 0. The quantitative estimate of drug-likeness (QED) is 0.719. The topological polar surface area (TPSA) is 26.0 Å². The molecular formula is C13H27N. The van der Waals surface area contributed by atoms with Gasteiger partial charge in [-0.15, -0.1) is 0 Å². The van der Waals surface area contributed by atoms with Crippen LogP contribution in [0.1, 0.15) is 59.8 Å². The van der Waals surface area contributed by atoms with E-state index in [1.807, 2.05) is 0 Å². The van der Waals surface area contributed by atoms with Gasteiger partial charge in [0.1, 0.15) is 0 Å². The van der Waals surface area contributed by atoms with Gasteiger partial charge in [-0.25, -0.2) is 0 Å². The second-order valence-corrected chi connectivity index (χ2v) is 6.62. The van der Waals surface area contributed by atoms with Crippen molar-refractivity contribution in [3.05, 3.63) is 0 Å². The molecule has 1 rings (SSSR count). The zero-order chi connectivity index (χ0) is 10.8. The van der Waals surface area contributed by atoms with Crippen LogP contribution in [-0.4, -0.2) is 6.54 Å². The summed E-state index contributed by atoms with van der Waals surface area (Å²) in [5, 5.41) is 0. The molecule has 0 heterocycles. The van der Waals surface area contributed by atoms with Gasteiger partial charge in [0.15, 0.2) is 0 Å². The first kappa shape index (κ1) is 12.0. The molecule has 0 spiro atoms. The molecule has 1 saturated carbocycles. The molecule has 0 bridgehead atoms. The van der Waals surface area contributed by atoms with E-state index < -0.39 is 0 Å². The van der Waals surface area contributed by atoms with Gasteiger partial charge in [-0.1, -0.05) is 40.5 Å². The summed E-state index contributed by atoms with van der Waals surface area (Å²) < 4.78 is 0. The lowest BCUT2D eigenvalue weighted by molar-refractivity contribution is 0.102. The molecule has 0 unspecified atom stereocenters. The maximum atomic E-state index is 5.99. The Balaban J connectivity index is 2.59. The predicted octanol–water partition coefficient (Wildman–Crippen LogP) is 3.58. The zero-order valence-corrected chi connectivity index (χ0v) is 10.4. The van der Waals surface area contributed by atoms with Crippen molar-refractivity contribution in [3.8, 4) is 0 Å². The molecule has 1 fully saturated rings. The Hall–Kier alpha value is -0.0400. The molecule has 0 aromatic heterocycles. The summed E-state index contributed by atoms with van der Waals surface area (Å²) in [6, 6.07) is 0. The van der Waals surface area contributed by atoms with Crippen molar-refractivity contribution in [3.63, 3.8) is 0 Å². The first-order chi connectivity index (χ1) is 6.37. The summed E-state index contributed by atoms with van der Waals surface area (Å²) in [6.45, 7) is 10.3. The van der Waals surface area contributed by atoms with Crippen LogP contribution in [0.5, 0.6) is 0 Å². The van der Waals surface area contributed by atoms with Crippen LogP contribution in [-0.2, 0) is 0 Å². The Labute approximate surface area is 89.5 Å². The highest BCUT2D eigenvalue weighted by molar-refractivity contribution is 4.88. The number of hydrogen-bond acceptors (Lipinski definition) is 1. The van der Waals surface area contributed by atoms with Crippen LogP contribution in [0.3, 0.4) is 0 Å². The predicted molar refractivity (Wildman–Crippen MR) is 63.2 cm³/mol. The molecule has 0 radical (unpaired) electrons. The Morgan fingerprint density at radius 3 is 2.07 bits per heavy atom. The van der Waals surface area contributed by atoms with Gasteiger partial charge in [-0.2, -0.15) is 0 Å². The average Bonchev–Trinajstić information content (AvgIpc) is 2.07. The monoisotopic (exact) mass is 197 g/mol. The third kappa shape index (κ3) is 3.27. The molecule has 0 saturated heterocycles. The van der Waals surface area contributed by atoms with Crippen molar-refractivity contribution in [2.75, 3.05) is 6.54 Å². The van der Waals surface area contributed by atoms with E-state index in [1.165, 1.54) is 32.1 Å². The molecule has 1 aliphatic rings. The van der Waals surface area contributed by atoms with Crippen molar-refractivity contribution < 1.29 is 0 Å². The second kappa shape index (κ2) is 4.22. The fourth-order valence-electron chi connectivity index (χ4n) is 2.95. The highest BCUT2D eigenvalue weighted by Gasteiger charge is 2.36. The Morgan fingerprint density at radius 2 is 1.71 bits per heavy atom. The molecule has 0 aromatic carbocycles. The van der Waals surface area contributed by atoms with Crippen molar-refractivity contribution in [2.24, 2.45) is 22.5 Å². The highest BCUT2D eigenvalue weighted by Crippen LogP contribution is 2.45. The summed E-state index contributed by atoms with van der Waals surface area (Å²) in [7, 11) is 0. The molecule has 84 valence electrons. The number of hydrogen-bond donors (Lipinski definition) is 1. The lowest BCUT2D eigenvalue weighted by Crippen LogP contribution is -2.37. The number of rotatable bonds is 2. The van der Waals surface area contributed by atoms with Crippen LogP contribution in [0.2, 0.25) is 0 Å². The van der Waals surface area contributed by atoms with E-state index in [1.54, 1.807) is 0 Å². The van der Waals surface area contributed by atoms with Crippen LogP contribution in [0, 0.1) is 16.7 Å². The molecule has 0 amide bonds. The fraction of sp³-hybridized carbons (Fsp3) is 1.00. The molecule has 0 aromatic rings. The van der Waals surface area contributed by atoms with Gasteiger partial charge in [0, 0.05) is 0 Å². The molecule has 1 nitrogen and oxygen atoms in total. The van der Waals surface area contributed by atoms with Gasteiger partial charge in [-0.3, -0.25) is 0 Å². The second-order valence-electron chi connectivity index (χ2n) is 6.62. The van der Waals surface area contributed by atoms with Crippen LogP contribution < -0.4 is 5.73 Å². The SMILES string of the molecule is CC1CCC(CN)(CC(C)(C)C)CC1. The van der Waals surface area contributed by atoms with Crippen molar-refractivity contribution in [2.45, 2.75) is 59.8 Å². The Morgan fingerprint density at radius 1 is 1.21 bits per heavy atom. The normalized spacial score (nSPS) is 34.5. The van der Waals surface area contributed by atoms with Gasteiger partial charge in [0.25, 0.3) is 0 Å². The largest absolute Gasteiger partial charge is 0.330 e. The molecule has 0 atom stereocenters. The van der Waals surface area contributed by atoms with Gasteiger partial charge in [-0.05, 0) is 42.6 Å². The standard InChI is InChI=1S/C13H27N/c1-11-5-7-13(10-14,8-6-11)9-12(2,3)4/h11H,5-10,14H2,1-4H3. The molecular weight excluding hydrogens is 170 g/mol. The van der Waals surface area contributed by atoms with Crippen molar-refractivity contribution in [1.29, 1.82) is 0 Å². The minimum absolute atomic E-state index is 0.431. The third-order valence-corrected chi connectivity index (χ3v) is 3.67. The summed E-state index contributed by atoms with van der Waals surface area (Å²) in [6.07, 6.45) is 6.76. The van der Waals surface area contributed by atoms with E-state index >= 15 is 0 Å². The summed E-state index contributed by atoms with van der Waals surface area (Å²) in [5.41, 5.74) is 6.88.